The van der Waals surface area contributed by atoms with Crippen LogP contribution in [0.5, 0.6) is 0 Å². The quantitative estimate of drug-likeness (QED) is 0.220. The van der Waals surface area contributed by atoms with Crippen molar-refractivity contribution in [1.82, 2.24) is 15.6 Å². The van der Waals surface area contributed by atoms with Gasteiger partial charge in [0.2, 0.25) is 11.9 Å². The second-order valence-corrected chi connectivity index (χ2v) is 3.95. The molecule has 0 aromatic heterocycles. The van der Waals surface area contributed by atoms with Crippen LogP contribution in [-0.2, 0) is 4.79 Å². The SMILES string of the molecule is NNC(=NC1CC1)N1CCCNC(=O)C1. The average molecular weight is 211 g/mol. The summed E-state index contributed by atoms with van der Waals surface area (Å²) < 4.78 is 0. The van der Waals surface area contributed by atoms with Gasteiger partial charge >= 0.3 is 0 Å². The summed E-state index contributed by atoms with van der Waals surface area (Å²) >= 11 is 0. The van der Waals surface area contributed by atoms with Crippen LogP contribution in [0, 0.1) is 0 Å². The minimum atomic E-state index is 0.0336. The van der Waals surface area contributed by atoms with Gasteiger partial charge in [0.15, 0.2) is 0 Å². The van der Waals surface area contributed by atoms with Gasteiger partial charge in [-0.2, -0.15) is 0 Å². The van der Waals surface area contributed by atoms with Crippen LogP contribution in [0.25, 0.3) is 0 Å². The van der Waals surface area contributed by atoms with Crippen molar-refractivity contribution >= 4 is 11.9 Å². The molecular formula is C9H17N5O. The number of aliphatic imine (C=N–C) groups is 1. The summed E-state index contributed by atoms with van der Waals surface area (Å²) in [5, 5.41) is 2.82. The molecule has 0 spiro atoms. The van der Waals surface area contributed by atoms with Crippen molar-refractivity contribution in [3.63, 3.8) is 0 Å². The number of guanidine groups is 1. The van der Waals surface area contributed by atoms with Gasteiger partial charge in [0.25, 0.3) is 0 Å². The summed E-state index contributed by atoms with van der Waals surface area (Å²) in [6.07, 6.45) is 3.19. The smallest absolute Gasteiger partial charge is 0.239 e. The van der Waals surface area contributed by atoms with Crippen LogP contribution in [0.2, 0.25) is 0 Å². The summed E-state index contributed by atoms with van der Waals surface area (Å²) in [7, 11) is 0. The first-order chi connectivity index (χ1) is 7.29. The molecule has 15 heavy (non-hydrogen) atoms. The molecule has 1 saturated carbocycles. The molecule has 84 valence electrons. The number of amides is 1. The molecule has 6 heteroatoms. The van der Waals surface area contributed by atoms with E-state index in [0.717, 1.165) is 32.4 Å². The van der Waals surface area contributed by atoms with E-state index < -0.39 is 0 Å². The topological polar surface area (TPSA) is 82.8 Å². The summed E-state index contributed by atoms with van der Waals surface area (Å²) in [4.78, 5) is 17.7. The van der Waals surface area contributed by atoms with Gasteiger partial charge in [0.05, 0.1) is 12.6 Å². The van der Waals surface area contributed by atoms with Gasteiger partial charge in [-0.05, 0) is 19.3 Å². The molecule has 4 N–H and O–H groups in total. The molecular weight excluding hydrogens is 194 g/mol. The summed E-state index contributed by atoms with van der Waals surface area (Å²) in [6, 6.07) is 0.405. The number of carbonyl (C=O) groups is 1. The molecule has 0 radical (unpaired) electrons. The van der Waals surface area contributed by atoms with E-state index in [0.29, 0.717) is 18.5 Å². The van der Waals surface area contributed by atoms with Crippen LogP contribution in [0.15, 0.2) is 4.99 Å². The molecule has 1 amide bonds. The molecule has 0 bridgehead atoms. The predicted octanol–water partition coefficient (Wildman–Crippen LogP) is -1.21. The Morgan fingerprint density at radius 3 is 3.07 bits per heavy atom. The highest BCUT2D eigenvalue weighted by Crippen LogP contribution is 2.23. The van der Waals surface area contributed by atoms with Crippen LogP contribution in [0.1, 0.15) is 19.3 Å². The second-order valence-electron chi connectivity index (χ2n) is 3.95. The van der Waals surface area contributed by atoms with Crippen molar-refractivity contribution in [2.45, 2.75) is 25.3 Å². The van der Waals surface area contributed by atoms with E-state index >= 15 is 0 Å². The monoisotopic (exact) mass is 211 g/mol. The Labute approximate surface area is 88.9 Å². The lowest BCUT2D eigenvalue weighted by Crippen LogP contribution is -2.47. The molecule has 1 aliphatic heterocycles. The molecule has 0 atom stereocenters. The van der Waals surface area contributed by atoms with E-state index in [9.17, 15) is 4.79 Å². The third-order valence-electron chi connectivity index (χ3n) is 2.54. The number of hydrogen-bond acceptors (Lipinski definition) is 3. The highest BCUT2D eigenvalue weighted by atomic mass is 16.2. The fraction of sp³-hybridized carbons (Fsp3) is 0.778. The van der Waals surface area contributed by atoms with Gasteiger partial charge in [-0.25, -0.2) is 10.8 Å². The Kier molecular flexibility index (Phi) is 3.05. The lowest BCUT2D eigenvalue weighted by atomic mass is 10.4. The van der Waals surface area contributed by atoms with Crippen LogP contribution in [0.4, 0.5) is 0 Å². The van der Waals surface area contributed by atoms with Gasteiger partial charge in [-0.15, -0.1) is 0 Å². The number of nitrogens with zero attached hydrogens (tertiary/aromatic N) is 2. The molecule has 2 fully saturated rings. The zero-order valence-corrected chi connectivity index (χ0v) is 8.70. The number of rotatable bonds is 1. The van der Waals surface area contributed by atoms with E-state index in [-0.39, 0.29) is 5.91 Å². The number of carbonyl (C=O) groups excluding carboxylic acids is 1. The summed E-state index contributed by atoms with van der Waals surface area (Å²) in [5.74, 6) is 6.10. The largest absolute Gasteiger partial charge is 0.354 e. The van der Waals surface area contributed by atoms with Crippen molar-refractivity contribution in [2.24, 2.45) is 10.8 Å². The number of nitrogens with one attached hydrogen (secondary N) is 2. The zero-order chi connectivity index (χ0) is 10.7. The number of hydrogen-bond donors (Lipinski definition) is 3. The maximum absolute atomic E-state index is 11.3. The van der Waals surface area contributed by atoms with E-state index in [2.05, 4.69) is 15.7 Å². The van der Waals surface area contributed by atoms with Crippen molar-refractivity contribution in [3.05, 3.63) is 0 Å². The molecule has 0 aromatic carbocycles. The van der Waals surface area contributed by atoms with Gasteiger partial charge in [-0.1, -0.05) is 0 Å². The van der Waals surface area contributed by atoms with Crippen molar-refractivity contribution in [1.29, 1.82) is 0 Å². The first kappa shape index (κ1) is 10.2. The molecule has 6 nitrogen and oxygen atoms in total. The fourth-order valence-corrected chi connectivity index (χ4v) is 1.57. The van der Waals surface area contributed by atoms with E-state index in [4.69, 9.17) is 5.84 Å². The molecule has 1 aliphatic carbocycles. The molecule has 1 saturated heterocycles. The van der Waals surface area contributed by atoms with Crippen LogP contribution in [0.3, 0.4) is 0 Å². The normalized spacial score (nSPS) is 23.4. The van der Waals surface area contributed by atoms with Crippen molar-refractivity contribution < 1.29 is 4.79 Å². The van der Waals surface area contributed by atoms with Crippen LogP contribution >= 0.6 is 0 Å². The molecule has 2 aliphatic rings. The van der Waals surface area contributed by atoms with Crippen LogP contribution < -0.4 is 16.6 Å². The Hall–Kier alpha value is -1.30. The fourth-order valence-electron chi connectivity index (χ4n) is 1.57. The first-order valence-corrected chi connectivity index (χ1v) is 5.35. The van der Waals surface area contributed by atoms with Gasteiger partial charge in [0.1, 0.15) is 0 Å². The van der Waals surface area contributed by atoms with E-state index in [1.807, 2.05) is 4.90 Å². The molecule has 0 aromatic rings. The average Bonchev–Trinajstić information content (AvgIpc) is 3.02. The van der Waals surface area contributed by atoms with E-state index in [1.165, 1.54) is 0 Å². The zero-order valence-electron chi connectivity index (χ0n) is 8.70. The number of nitrogens with two attached hydrogens (primary N) is 1. The van der Waals surface area contributed by atoms with Gasteiger partial charge in [0, 0.05) is 13.1 Å². The van der Waals surface area contributed by atoms with Crippen molar-refractivity contribution in [3.8, 4) is 0 Å². The number of hydrazine groups is 1. The maximum Gasteiger partial charge on any atom is 0.239 e. The standard InChI is InChI=1S/C9H17N5O/c10-13-9(12-7-2-3-7)14-5-1-4-11-8(15)6-14/h7H,1-6,10H2,(H,11,15)(H,12,13). The highest BCUT2D eigenvalue weighted by Gasteiger charge is 2.24. The van der Waals surface area contributed by atoms with Gasteiger partial charge < -0.3 is 10.2 Å². The van der Waals surface area contributed by atoms with Crippen LogP contribution in [-0.4, -0.2) is 42.4 Å². The Morgan fingerprint density at radius 2 is 2.40 bits per heavy atom. The Balaban J connectivity index is 2.01. The minimum absolute atomic E-state index is 0.0336. The maximum atomic E-state index is 11.3. The lowest BCUT2D eigenvalue weighted by molar-refractivity contribution is -0.120. The lowest BCUT2D eigenvalue weighted by Gasteiger charge is -2.22. The Morgan fingerprint density at radius 1 is 1.60 bits per heavy atom. The summed E-state index contributed by atoms with van der Waals surface area (Å²) in [5.41, 5.74) is 2.59. The Bertz CT molecular complexity index is 274. The van der Waals surface area contributed by atoms with Crippen molar-refractivity contribution in [2.75, 3.05) is 19.6 Å². The third kappa shape index (κ3) is 2.82. The third-order valence-corrected chi connectivity index (χ3v) is 2.54. The van der Waals surface area contributed by atoms with E-state index in [1.54, 1.807) is 0 Å². The molecule has 1 heterocycles. The second kappa shape index (κ2) is 4.48. The van der Waals surface area contributed by atoms with Gasteiger partial charge in [-0.3, -0.25) is 10.2 Å². The predicted molar refractivity (Wildman–Crippen MR) is 57.0 cm³/mol. The highest BCUT2D eigenvalue weighted by molar-refractivity contribution is 5.86. The summed E-state index contributed by atoms with van der Waals surface area (Å²) in [6.45, 7) is 1.89. The first-order valence-electron chi connectivity index (χ1n) is 5.35. The minimum Gasteiger partial charge on any atom is -0.354 e. The molecule has 0 unspecified atom stereocenters. The molecule has 2 rings (SSSR count).